The molecule has 0 atom stereocenters. The summed E-state index contributed by atoms with van der Waals surface area (Å²) < 4.78 is 0.844. The Morgan fingerprint density at radius 2 is 2.09 bits per heavy atom. The smallest absolute Gasteiger partial charge is 0.330 e. The van der Waals surface area contributed by atoms with Crippen molar-refractivity contribution in [2.45, 2.75) is 0 Å². The van der Waals surface area contributed by atoms with Crippen LogP contribution in [-0.2, 0) is 7.05 Å². The van der Waals surface area contributed by atoms with Crippen molar-refractivity contribution < 1.29 is 5.11 Å². The van der Waals surface area contributed by atoms with Gasteiger partial charge in [-0.25, -0.2) is 4.79 Å². The van der Waals surface area contributed by atoms with Crippen LogP contribution < -0.4 is 17.0 Å². The minimum absolute atomic E-state index is 0.355. The summed E-state index contributed by atoms with van der Waals surface area (Å²) in [6.07, 6.45) is 0. The van der Waals surface area contributed by atoms with Gasteiger partial charge in [-0.3, -0.25) is 14.3 Å². The second-order valence-corrected chi connectivity index (χ2v) is 2.06. The molecule has 0 aromatic carbocycles. The Morgan fingerprint density at radius 1 is 1.55 bits per heavy atom. The second kappa shape index (κ2) is 2.15. The van der Waals surface area contributed by atoms with Gasteiger partial charge in [-0.1, -0.05) is 0 Å². The fourth-order valence-corrected chi connectivity index (χ4v) is 0.627. The lowest BCUT2D eigenvalue weighted by molar-refractivity contribution is 0.421. The monoisotopic (exact) mass is 157 g/mol. The van der Waals surface area contributed by atoms with Gasteiger partial charge in [0.05, 0.1) is 0 Å². The average molecular weight is 157 g/mol. The molecule has 0 aliphatic heterocycles. The summed E-state index contributed by atoms with van der Waals surface area (Å²) in [6.45, 7) is 0. The quantitative estimate of drug-likeness (QED) is 0.420. The van der Waals surface area contributed by atoms with Crippen LogP contribution in [0.15, 0.2) is 9.59 Å². The minimum Gasteiger partial charge on any atom is -0.493 e. The van der Waals surface area contributed by atoms with Gasteiger partial charge in [0.15, 0.2) is 5.69 Å². The van der Waals surface area contributed by atoms with Gasteiger partial charge in [-0.2, -0.15) is 0 Å². The van der Waals surface area contributed by atoms with Crippen molar-refractivity contribution in [1.29, 1.82) is 0 Å². The van der Waals surface area contributed by atoms with Gasteiger partial charge in [-0.05, 0) is 0 Å². The second-order valence-electron chi connectivity index (χ2n) is 2.06. The van der Waals surface area contributed by atoms with Crippen LogP contribution in [0.4, 0.5) is 5.69 Å². The van der Waals surface area contributed by atoms with E-state index in [0.717, 1.165) is 4.57 Å². The fourth-order valence-electron chi connectivity index (χ4n) is 0.627. The molecule has 1 aromatic rings. The molecule has 4 N–H and O–H groups in total. The molecule has 0 spiro atoms. The summed E-state index contributed by atoms with van der Waals surface area (Å²) in [5.41, 5.74) is 3.28. The lowest BCUT2D eigenvalue weighted by Crippen LogP contribution is -2.29. The molecule has 1 rings (SSSR count). The number of rotatable bonds is 0. The first kappa shape index (κ1) is 7.39. The Balaban J connectivity index is 3.73. The number of aromatic hydroxyl groups is 1. The van der Waals surface area contributed by atoms with E-state index in [1.54, 1.807) is 0 Å². The maximum atomic E-state index is 10.7. The molecule has 1 heterocycles. The number of hydrogen-bond acceptors (Lipinski definition) is 4. The maximum Gasteiger partial charge on any atom is 0.330 e. The summed E-state index contributed by atoms with van der Waals surface area (Å²) in [4.78, 5) is 23.3. The molecule has 0 saturated heterocycles. The maximum absolute atomic E-state index is 10.7. The van der Waals surface area contributed by atoms with E-state index in [1.807, 2.05) is 4.98 Å². The van der Waals surface area contributed by atoms with Crippen molar-refractivity contribution in [3.63, 3.8) is 0 Å². The van der Waals surface area contributed by atoms with Gasteiger partial charge in [0.2, 0.25) is 5.88 Å². The highest BCUT2D eigenvalue weighted by molar-refractivity contribution is 5.44. The largest absolute Gasteiger partial charge is 0.493 e. The van der Waals surface area contributed by atoms with Gasteiger partial charge >= 0.3 is 5.69 Å². The van der Waals surface area contributed by atoms with Crippen LogP contribution in [0.1, 0.15) is 0 Å². The molecular formula is C5H7N3O3. The van der Waals surface area contributed by atoms with Gasteiger partial charge < -0.3 is 10.8 Å². The topological polar surface area (TPSA) is 101 Å². The van der Waals surface area contributed by atoms with Gasteiger partial charge in [0.25, 0.3) is 5.56 Å². The first-order valence-corrected chi connectivity index (χ1v) is 2.81. The molecule has 0 amide bonds. The zero-order chi connectivity index (χ0) is 8.59. The molecule has 0 aliphatic carbocycles. The van der Waals surface area contributed by atoms with E-state index in [2.05, 4.69) is 0 Å². The number of nitrogens with one attached hydrogen (secondary N) is 1. The normalized spacial score (nSPS) is 9.91. The van der Waals surface area contributed by atoms with Crippen molar-refractivity contribution >= 4 is 5.69 Å². The van der Waals surface area contributed by atoms with Crippen LogP contribution in [0.2, 0.25) is 0 Å². The molecule has 0 fully saturated rings. The summed E-state index contributed by atoms with van der Waals surface area (Å²) in [6, 6.07) is 0. The highest BCUT2D eigenvalue weighted by Crippen LogP contribution is 2.07. The van der Waals surface area contributed by atoms with Crippen LogP contribution in [0.25, 0.3) is 0 Å². The number of H-pyrrole nitrogens is 1. The first-order valence-electron chi connectivity index (χ1n) is 2.81. The third-order valence-electron chi connectivity index (χ3n) is 1.33. The lowest BCUT2D eigenvalue weighted by atomic mass is 10.5. The molecule has 0 radical (unpaired) electrons. The van der Waals surface area contributed by atoms with E-state index in [0.29, 0.717) is 0 Å². The SMILES string of the molecule is Cn1c(O)c(N)c(=O)[nH]c1=O. The summed E-state index contributed by atoms with van der Waals surface area (Å²) >= 11 is 0. The minimum atomic E-state index is -0.773. The van der Waals surface area contributed by atoms with E-state index < -0.39 is 17.1 Å². The van der Waals surface area contributed by atoms with E-state index in [4.69, 9.17) is 10.8 Å². The number of nitrogens with zero attached hydrogens (tertiary/aromatic N) is 1. The van der Waals surface area contributed by atoms with Gasteiger partial charge in [0.1, 0.15) is 0 Å². The van der Waals surface area contributed by atoms with Gasteiger partial charge in [-0.15, -0.1) is 0 Å². The highest BCUT2D eigenvalue weighted by atomic mass is 16.3. The summed E-state index contributed by atoms with van der Waals surface area (Å²) in [7, 11) is 1.30. The number of nitrogens with two attached hydrogens (primary N) is 1. The van der Waals surface area contributed by atoms with Crippen molar-refractivity contribution in [3.05, 3.63) is 20.8 Å². The van der Waals surface area contributed by atoms with Crippen LogP contribution >= 0.6 is 0 Å². The molecule has 0 saturated carbocycles. The Bertz CT molecular complexity index is 355. The molecule has 60 valence electrons. The molecule has 0 unspecified atom stereocenters. The molecule has 6 heteroatoms. The number of aromatic nitrogens is 2. The third-order valence-corrected chi connectivity index (χ3v) is 1.33. The third kappa shape index (κ3) is 0.977. The molecule has 6 nitrogen and oxygen atoms in total. The molecular weight excluding hydrogens is 150 g/mol. The Kier molecular flexibility index (Phi) is 1.45. The zero-order valence-electron chi connectivity index (χ0n) is 5.79. The molecule has 0 bridgehead atoms. The number of anilines is 1. The Hall–Kier alpha value is -1.72. The molecule has 0 aliphatic rings. The van der Waals surface area contributed by atoms with E-state index in [-0.39, 0.29) is 5.69 Å². The van der Waals surface area contributed by atoms with E-state index >= 15 is 0 Å². The van der Waals surface area contributed by atoms with Crippen LogP contribution in [-0.4, -0.2) is 14.7 Å². The van der Waals surface area contributed by atoms with Crippen LogP contribution in [0.5, 0.6) is 5.88 Å². The van der Waals surface area contributed by atoms with Crippen molar-refractivity contribution in [2.75, 3.05) is 5.73 Å². The fraction of sp³-hybridized carbons (Fsp3) is 0.200. The Labute approximate surface area is 60.9 Å². The van der Waals surface area contributed by atoms with Crippen LogP contribution in [0.3, 0.4) is 0 Å². The highest BCUT2D eigenvalue weighted by Gasteiger charge is 2.06. The summed E-state index contributed by atoms with van der Waals surface area (Å²) in [5.74, 6) is -0.515. The number of hydrogen-bond donors (Lipinski definition) is 3. The zero-order valence-corrected chi connectivity index (χ0v) is 5.79. The standard InChI is InChI=1S/C5H7N3O3/c1-8-4(10)2(6)3(9)7-5(8)11/h10H,6H2,1H3,(H,7,9,11). The van der Waals surface area contributed by atoms with Crippen molar-refractivity contribution in [2.24, 2.45) is 7.05 Å². The van der Waals surface area contributed by atoms with E-state index in [9.17, 15) is 9.59 Å². The van der Waals surface area contributed by atoms with E-state index in [1.165, 1.54) is 7.05 Å². The summed E-state index contributed by atoms with van der Waals surface area (Å²) in [5, 5.41) is 8.99. The van der Waals surface area contributed by atoms with Crippen LogP contribution in [0, 0.1) is 0 Å². The molecule has 11 heavy (non-hydrogen) atoms. The predicted molar refractivity (Wildman–Crippen MR) is 38.4 cm³/mol. The molecule has 1 aromatic heterocycles. The number of nitrogen functional groups attached to an aromatic ring is 1. The first-order chi connectivity index (χ1) is 5.04. The Morgan fingerprint density at radius 3 is 2.64 bits per heavy atom. The van der Waals surface area contributed by atoms with Crippen molar-refractivity contribution in [3.8, 4) is 5.88 Å². The predicted octanol–water partition coefficient (Wildman–Crippen LogP) is -1.64. The average Bonchev–Trinajstić information content (AvgIpc) is 1.97. The number of aromatic amines is 1. The lowest BCUT2D eigenvalue weighted by Gasteiger charge is -2.01. The van der Waals surface area contributed by atoms with Gasteiger partial charge in [0, 0.05) is 7.05 Å². The van der Waals surface area contributed by atoms with Crippen molar-refractivity contribution in [1.82, 2.24) is 9.55 Å².